The molecule has 116 valence electrons. The van der Waals surface area contributed by atoms with Crippen LogP contribution in [0.1, 0.15) is 34.2 Å². The van der Waals surface area contributed by atoms with Crippen molar-refractivity contribution in [3.8, 4) is 5.69 Å². The molecule has 0 saturated heterocycles. The highest BCUT2D eigenvalue weighted by atomic mass is 16.4. The third-order valence-electron chi connectivity index (χ3n) is 3.75. The second-order valence-electron chi connectivity index (χ2n) is 5.44. The van der Waals surface area contributed by atoms with Crippen molar-refractivity contribution < 1.29 is 14.7 Å². The van der Waals surface area contributed by atoms with Gasteiger partial charge in [0, 0.05) is 17.1 Å². The van der Waals surface area contributed by atoms with E-state index in [2.05, 4.69) is 5.32 Å². The number of aryl methyl sites for hydroxylation is 2. The quantitative estimate of drug-likeness (QED) is 0.911. The lowest BCUT2D eigenvalue weighted by atomic mass is 10.2. The van der Waals surface area contributed by atoms with Crippen molar-refractivity contribution in [2.75, 3.05) is 0 Å². The van der Waals surface area contributed by atoms with Crippen LogP contribution < -0.4 is 5.32 Å². The van der Waals surface area contributed by atoms with Gasteiger partial charge >= 0.3 is 5.97 Å². The van der Waals surface area contributed by atoms with Gasteiger partial charge in [0.05, 0.1) is 5.56 Å². The number of carbonyl (C=O) groups is 2. The first-order valence-electron chi connectivity index (χ1n) is 7.11. The molecule has 1 aromatic carbocycles. The summed E-state index contributed by atoms with van der Waals surface area (Å²) >= 11 is 0. The number of carboxylic acids is 1. The zero-order valence-electron chi connectivity index (χ0n) is 13.2. The zero-order valence-corrected chi connectivity index (χ0v) is 13.2. The molecule has 0 aliphatic carbocycles. The molecular formula is C17H20N2O3. The highest BCUT2D eigenvalue weighted by molar-refractivity contribution is 5.98. The molecule has 22 heavy (non-hydrogen) atoms. The summed E-state index contributed by atoms with van der Waals surface area (Å²) in [6, 6.07) is 8.79. The molecule has 2 N–H and O–H groups in total. The fourth-order valence-electron chi connectivity index (χ4n) is 2.51. The fourth-order valence-corrected chi connectivity index (χ4v) is 2.51. The van der Waals surface area contributed by atoms with Gasteiger partial charge < -0.3 is 15.0 Å². The smallest absolute Gasteiger partial charge is 0.325 e. The van der Waals surface area contributed by atoms with Crippen LogP contribution in [0.4, 0.5) is 0 Å². The van der Waals surface area contributed by atoms with Crippen molar-refractivity contribution in [3.63, 3.8) is 0 Å². The molecule has 1 aromatic heterocycles. The van der Waals surface area contributed by atoms with E-state index in [1.165, 1.54) is 6.92 Å². The molecule has 0 radical (unpaired) electrons. The Labute approximate surface area is 129 Å². The van der Waals surface area contributed by atoms with Gasteiger partial charge in [0.2, 0.25) is 0 Å². The van der Waals surface area contributed by atoms with Gasteiger partial charge in [-0.25, -0.2) is 0 Å². The number of nitrogens with zero attached hydrogens (tertiary/aromatic N) is 1. The highest BCUT2D eigenvalue weighted by Crippen LogP contribution is 2.23. The van der Waals surface area contributed by atoms with E-state index in [1.807, 2.05) is 49.6 Å². The molecule has 1 atom stereocenters. The molecule has 1 amide bonds. The topological polar surface area (TPSA) is 71.3 Å². The Kier molecular flexibility index (Phi) is 4.35. The van der Waals surface area contributed by atoms with Crippen LogP contribution in [0, 0.1) is 20.8 Å². The van der Waals surface area contributed by atoms with E-state index in [0.717, 1.165) is 22.6 Å². The van der Waals surface area contributed by atoms with Crippen molar-refractivity contribution >= 4 is 11.9 Å². The minimum Gasteiger partial charge on any atom is -0.480 e. The van der Waals surface area contributed by atoms with Gasteiger partial charge in [-0.3, -0.25) is 9.59 Å². The molecule has 2 rings (SSSR count). The number of benzene rings is 1. The second-order valence-corrected chi connectivity index (χ2v) is 5.44. The minimum absolute atomic E-state index is 0.372. The van der Waals surface area contributed by atoms with E-state index in [1.54, 1.807) is 6.07 Å². The van der Waals surface area contributed by atoms with E-state index in [4.69, 9.17) is 5.11 Å². The van der Waals surface area contributed by atoms with E-state index in [9.17, 15) is 9.59 Å². The van der Waals surface area contributed by atoms with E-state index in [0.29, 0.717) is 5.56 Å². The van der Waals surface area contributed by atoms with Crippen LogP contribution in [0.25, 0.3) is 5.69 Å². The van der Waals surface area contributed by atoms with Gasteiger partial charge in [-0.15, -0.1) is 0 Å². The molecule has 2 aromatic rings. The van der Waals surface area contributed by atoms with Crippen molar-refractivity contribution in [2.24, 2.45) is 0 Å². The van der Waals surface area contributed by atoms with Crippen LogP contribution in [0.3, 0.4) is 0 Å². The van der Waals surface area contributed by atoms with Gasteiger partial charge in [0.15, 0.2) is 0 Å². The van der Waals surface area contributed by atoms with Crippen molar-refractivity contribution in [1.82, 2.24) is 9.88 Å². The largest absolute Gasteiger partial charge is 0.480 e. The summed E-state index contributed by atoms with van der Waals surface area (Å²) in [5.41, 5.74) is 4.34. The molecule has 5 nitrogen and oxygen atoms in total. The summed E-state index contributed by atoms with van der Waals surface area (Å²) in [5, 5.41) is 11.4. The summed E-state index contributed by atoms with van der Waals surface area (Å²) in [7, 11) is 0. The zero-order chi connectivity index (χ0) is 16.4. The van der Waals surface area contributed by atoms with Gasteiger partial charge in [0.25, 0.3) is 5.91 Å². The minimum atomic E-state index is -1.05. The van der Waals surface area contributed by atoms with Crippen molar-refractivity contribution in [1.29, 1.82) is 0 Å². The maximum absolute atomic E-state index is 12.3. The number of hydrogen-bond acceptors (Lipinski definition) is 2. The Morgan fingerprint density at radius 2 is 1.82 bits per heavy atom. The normalized spacial score (nSPS) is 12.0. The molecule has 0 aliphatic rings. The SMILES string of the molecule is Cc1ccccc1-n1c(C)cc(C(=O)N[C@@H](C)C(=O)O)c1C. The number of aliphatic carboxylic acids is 1. The number of para-hydroxylation sites is 1. The Balaban J connectivity index is 2.42. The van der Waals surface area contributed by atoms with Crippen LogP contribution in [0.5, 0.6) is 0 Å². The van der Waals surface area contributed by atoms with Crippen molar-refractivity contribution in [3.05, 3.63) is 52.8 Å². The maximum atomic E-state index is 12.3. The first-order chi connectivity index (χ1) is 10.3. The average molecular weight is 300 g/mol. The van der Waals surface area contributed by atoms with Gasteiger partial charge in [-0.05, 0) is 45.4 Å². The summed E-state index contributed by atoms with van der Waals surface area (Å²) in [6.07, 6.45) is 0. The van der Waals surface area contributed by atoms with Crippen molar-refractivity contribution in [2.45, 2.75) is 33.7 Å². The molecule has 0 saturated carbocycles. The lowest BCUT2D eigenvalue weighted by molar-refractivity contribution is -0.138. The number of nitrogens with one attached hydrogen (secondary N) is 1. The number of aromatic nitrogens is 1. The van der Waals surface area contributed by atoms with E-state index >= 15 is 0 Å². The second kappa shape index (κ2) is 6.05. The summed E-state index contributed by atoms with van der Waals surface area (Å²) in [6.45, 7) is 7.25. The van der Waals surface area contributed by atoms with Crippen LogP contribution in [0.2, 0.25) is 0 Å². The van der Waals surface area contributed by atoms with Crippen LogP contribution in [0.15, 0.2) is 30.3 Å². The molecule has 0 spiro atoms. The Morgan fingerprint density at radius 3 is 2.41 bits per heavy atom. The maximum Gasteiger partial charge on any atom is 0.325 e. The van der Waals surface area contributed by atoms with Crippen LogP contribution in [-0.4, -0.2) is 27.6 Å². The standard InChI is InChI=1S/C17H20N2O3/c1-10-7-5-6-8-15(10)19-11(2)9-14(13(19)4)16(20)18-12(3)17(21)22/h5-9,12H,1-4H3,(H,18,20)(H,21,22)/t12-/m0/s1. The first-order valence-corrected chi connectivity index (χ1v) is 7.11. The predicted octanol–water partition coefficient (Wildman–Crippen LogP) is 2.61. The Hall–Kier alpha value is -2.56. The molecule has 1 heterocycles. The molecule has 0 fully saturated rings. The lowest BCUT2D eigenvalue weighted by Crippen LogP contribution is -2.38. The third kappa shape index (κ3) is 2.88. The number of carbonyl (C=O) groups excluding carboxylic acids is 1. The number of amides is 1. The van der Waals surface area contributed by atoms with E-state index < -0.39 is 12.0 Å². The molecule has 0 aliphatic heterocycles. The van der Waals surface area contributed by atoms with Gasteiger partial charge in [-0.2, -0.15) is 0 Å². The van der Waals surface area contributed by atoms with Gasteiger partial charge in [0.1, 0.15) is 6.04 Å². The molecule has 0 bridgehead atoms. The predicted molar refractivity (Wildman–Crippen MR) is 84.5 cm³/mol. The van der Waals surface area contributed by atoms with Crippen LogP contribution >= 0.6 is 0 Å². The summed E-state index contributed by atoms with van der Waals surface area (Å²) in [4.78, 5) is 23.1. The Bertz CT molecular complexity index is 732. The number of hydrogen-bond donors (Lipinski definition) is 2. The molecule has 5 heteroatoms. The monoisotopic (exact) mass is 300 g/mol. The summed E-state index contributed by atoms with van der Waals surface area (Å²) in [5.74, 6) is -1.43. The summed E-state index contributed by atoms with van der Waals surface area (Å²) < 4.78 is 2.01. The van der Waals surface area contributed by atoms with Gasteiger partial charge in [-0.1, -0.05) is 18.2 Å². The number of rotatable bonds is 4. The van der Waals surface area contributed by atoms with Crippen LogP contribution in [-0.2, 0) is 4.79 Å². The van der Waals surface area contributed by atoms with E-state index in [-0.39, 0.29) is 5.91 Å². The Morgan fingerprint density at radius 1 is 1.18 bits per heavy atom. The third-order valence-corrected chi connectivity index (χ3v) is 3.75. The first kappa shape index (κ1) is 15.8. The molecular weight excluding hydrogens is 280 g/mol. The average Bonchev–Trinajstić information content (AvgIpc) is 2.75. The number of carboxylic acid groups (broad SMARTS) is 1. The lowest BCUT2D eigenvalue weighted by Gasteiger charge is -2.13. The fraction of sp³-hybridized carbons (Fsp3) is 0.294. The molecule has 0 unspecified atom stereocenters. The highest BCUT2D eigenvalue weighted by Gasteiger charge is 2.20.